The fraction of sp³-hybridized carbons (Fsp3) is 0.632. The SMILES string of the molecule is COc1ccc(S(=O)(=O)N2CCCCC2)cc1CCC(=O)NC(C)(C)C. The van der Waals surface area contributed by atoms with Crippen LogP contribution in [0.4, 0.5) is 0 Å². The summed E-state index contributed by atoms with van der Waals surface area (Å²) in [4.78, 5) is 12.4. The molecule has 1 aliphatic rings. The minimum absolute atomic E-state index is 0.0659. The van der Waals surface area contributed by atoms with Crippen molar-refractivity contribution in [3.63, 3.8) is 0 Å². The van der Waals surface area contributed by atoms with Crippen molar-refractivity contribution in [3.05, 3.63) is 23.8 Å². The van der Waals surface area contributed by atoms with E-state index in [1.165, 1.54) is 0 Å². The third-order valence-electron chi connectivity index (χ3n) is 4.34. The Bertz CT molecular complexity index is 732. The Balaban J connectivity index is 2.18. The predicted octanol–water partition coefficient (Wildman–Crippen LogP) is 2.72. The van der Waals surface area contributed by atoms with E-state index in [0.29, 0.717) is 25.3 Å². The fourth-order valence-corrected chi connectivity index (χ4v) is 4.66. The molecule has 1 aromatic carbocycles. The lowest BCUT2D eigenvalue weighted by Gasteiger charge is -2.26. The predicted molar refractivity (Wildman–Crippen MR) is 102 cm³/mol. The summed E-state index contributed by atoms with van der Waals surface area (Å²) in [7, 11) is -1.95. The molecule has 2 rings (SSSR count). The Labute approximate surface area is 157 Å². The van der Waals surface area contributed by atoms with Crippen molar-refractivity contribution in [2.45, 2.75) is 63.3 Å². The summed E-state index contributed by atoms with van der Waals surface area (Å²) >= 11 is 0. The van der Waals surface area contributed by atoms with E-state index in [9.17, 15) is 13.2 Å². The topological polar surface area (TPSA) is 75.7 Å². The number of ether oxygens (including phenoxy) is 1. The Kier molecular flexibility index (Phi) is 6.69. The average Bonchev–Trinajstić information content (AvgIpc) is 2.59. The zero-order chi connectivity index (χ0) is 19.4. The van der Waals surface area contributed by atoms with Gasteiger partial charge in [-0.2, -0.15) is 4.31 Å². The van der Waals surface area contributed by atoms with Crippen molar-refractivity contribution < 1.29 is 17.9 Å². The van der Waals surface area contributed by atoms with Crippen LogP contribution in [0.2, 0.25) is 0 Å². The second-order valence-electron chi connectivity index (χ2n) is 7.74. The van der Waals surface area contributed by atoms with E-state index in [0.717, 1.165) is 24.8 Å². The van der Waals surface area contributed by atoms with Crippen LogP contribution in [0.3, 0.4) is 0 Å². The van der Waals surface area contributed by atoms with Gasteiger partial charge >= 0.3 is 0 Å². The molecule has 0 spiro atoms. The number of hydrogen-bond donors (Lipinski definition) is 1. The first kappa shape index (κ1) is 20.7. The minimum Gasteiger partial charge on any atom is -0.496 e. The smallest absolute Gasteiger partial charge is 0.243 e. The van der Waals surface area contributed by atoms with Crippen LogP contribution >= 0.6 is 0 Å². The van der Waals surface area contributed by atoms with E-state index in [4.69, 9.17) is 4.74 Å². The summed E-state index contributed by atoms with van der Waals surface area (Å²) in [5.41, 5.74) is 0.440. The highest BCUT2D eigenvalue weighted by atomic mass is 32.2. The summed E-state index contributed by atoms with van der Waals surface area (Å²) < 4.78 is 32.6. The normalized spacial score (nSPS) is 16.3. The number of benzene rings is 1. The maximum atomic E-state index is 12.9. The highest BCUT2D eigenvalue weighted by molar-refractivity contribution is 7.89. The van der Waals surface area contributed by atoms with E-state index in [1.54, 1.807) is 29.6 Å². The van der Waals surface area contributed by atoms with Gasteiger partial charge in [-0.15, -0.1) is 0 Å². The number of piperidine rings is 1. The van der Waals surface area contributed by atoms with Crippen LogP contribution in [0.15, 0.2) is 23.1 Å². The molecular weight excluding hydrogens is 352 g/mol. The second kappa shape index (κ2) is 8.39. The molecule has 1 fully saturated rings. The standard InChI is InChI=1S/C19H30N2O4S/c1-19(2,3)20-18(22)11-8-15-14-16(9-10-17(15)25-4)26(23,24)21-12-6-5-7-13-21/h9-10,14H,5-8,11-13H2,1-4H3,(H,20,22). The summed E-state index contributed by atoms with van der Waals surface area (Å²) in [5, 5.41) is 2.92. The Morgan fingerprint density at radius 3 is 2.42 bits per heavy atom. The first-order valence-electron chi connectivity index (χ1n) is 9.11. The molecular formula is C19H30N2O4S. The lowest BCUT2D eigenvalue weighted by atomic mass is 10.1. The number of sulfonamides is 1. The molecule has 26 heavy (non-hydrogen) atoms. The van der Waals surface area contributed by atoms with Crippen LogP contribution in [0.5, 0.6) is 5.75 Å². The third-order valence-corrected chi connectivity index (χ3v) is 6.24. The van der Waals surface area contributed by atoms with E-state index in [1.807, 2.05) is 20.8 Å². The molecule has 0 saturated carbocycles. The van der Waals surface area contributed by atoms with Crippen molar-refractivity contribution in [1.29, 1.82) is 0 Å². The molecule has 0 aromatic heterocycles. The number of rotatable bonds is 6. The van der Waals surface area contributed by atoms with E-state index < -0.39 is 10.0 Å². The molecule has 146 valence electrons. The molecule has 7 heteroatoms. The van der Waals surface area contributed by atoms with Crippen LogP contribution in [-0.4, -0.2) is 44.4 Å². The van der Waals surface area contributed by atoms with Crippen molar-refractivity contribution in [3.8, 4) is 5.75 Å². The van der Waals surface area contributed by atoms with Crippen LogP contribution in [0.1, 0.15) is 52.0 Å². The molecule has 1 saturated heterocycles. The van der Waals surface area contributed by atoms with Gasteiger partial charge in [0.15, 0.2) is 0 Å². The van der Waals surface area contributed by atoms with Gasteiger partial charge in [0.25, 0.3) is 0 Å². The lowest BCUT2D eigenvalue weighted by molar-refractivity contribution is -0.122. The monoisotopic (exact) mass is 382 g/mol. The molecule has 0 bridgehead atoms. The van der Waals surface area contributed by atoms with Gasteiger partial charge in [-0.25, -0.2) is 8.42 Å². The van der Waals surface area contributed by atoms with Crippen LogP contribution < -0.4 is 10.1 Å². The Hall–Kier alpha value is -1.60. The molecule has 1 amide bonds. The zero-order valence-corrected chi connectivity index (χ0v) is 17.0. The number of methoxy groups -OCH3 is 1. The lowest BCUT2D eigenvalue weighted by Crippen LogP contribution is -2.40. The maximum Gasteiger partial charge on any atom is 0.243 e. The van der Waals surface area contributed by atoms with Gasteiger partial charge < -0.3 is 10.1 Å². The van der Waals surface area contributed by atoms with Gasteiger partial charge in [-0.05, 0) is 63.8 Å². The first-order valence-corrected chi connectivity index (χ1v) is 10.6. The molecule has 6 nitrogen and oxygen atoms in total. The molecule has 0 aliphatic carbocycles. The summed E-state index contributed by atoms with van der Waals surface area (Å²) in [6, 6.07) is 4.91. The van der Waals surface area contributed by atoms with Crippen molar-refractivity contribution >= 4 is 15.9 Å². The number of nitrogens with one attached hydrogen (secondary N) is 1. The molecule has 0 unspecified atom stereocenters. The number of carbonyl (C=O) groups excluding carboxylic acids is 1. The van der Waals surface area contributed by atoms with Crippen molar-refractivity contribution in [2.24, 2.45) is 0 Å². The highest BCUT2D eigenvalue weighted by Gasteiger charge is 2.26. The molecule has 1 aliphatic heterocycles. The van der Waals surface area contributed by atoms with Crippen molar-refractivity contribution in [2.75, 3.05) is 20.2 Å². The van der Waals surface area contributed by atoms with Crippen molar-refractivity contribution in [1.82, 2.24) is 9.62 Å². The van der Waals surface area contributed by atoms with Gasteiger partial charge in [0, 0.05) is 25.0 Å². The number of carbonyl (C=O) groups is 1. The van der Waals surface area contributed by atoms with Gasteiger partial charge in [0.2, 0.25) is 15.9 Å². The maximum absolute atomic E-state index is 12.9. The molecule has 0 radical (unpaired) electrons. The van der Waals surface area contributed by atoms with Crippen LogP contribution in [-0.2, 0) is 21.2 Å². The Morgan fingerprint density at radius 1 is 1.19 bits per heavy atom. The number of hydrogen-bond acceptors (Lipinski definition) is 4. The second-order valence-corrected chi connectivity index (χ2v) is 9.67. The van der Waals surface area contributed by atoms with E-state index in [2.05, 4.69) is 5.32 Å². The van der Waals surface area contributed by atoms with Gasteiger partial charge in [-0.1, -0.05) is 6.42 Å². The Morgan fingerprint density at radius 2 is 1.85 bits per heavy atom. The van der Waals surface area contributed by atoms with Gasteiger partial charge in [-0.3, -0.25) is 4.79 Å². The number of aryl methyl sites for hydroxylation is 1. The van der Waals surface area contributed by atoms with E-state index >= 15 is 0 Å². The summed E-state index contributed by atoms with van der Waals surface area (Å²) in [5.74, 6) is 0.537. The summed E-state index contributed by atoms with van der Waals surface area (Å²) in [6.07, 6.45) is 3.57. The molecule has 1 heterocycles. The van der Waals surface area contributed by atoms with Crippen LogP contribution in [0, 0.1) is 0 Å². The van der Waals surface area contributed by atoms with Gasteiger partial charge in [0.1, 0.15) is 5.75 Å². The quantitative estimate of drug-likeness (QED) is 0.821. The number of amides is 1. The highest BCUT2D eigenvalue weighted by Crippen LogP contribution is 2.27. The van der Waals surface area contributed by atoms with Crippen LogP contribution in [0.25, 0.3) is 0 Å². The zero-order valence-electron chi connectivity index (χ0n) is 16.2. The third kappa shape index (κ3) is 5.45. The number of nitrogens with zero attached hydrogens (tertiary/aromatic N) is 1. The minimum atomic E-state index is -3.50. The first-order chi connectivity index (χ1) is 12.1. The molecule has 1 N–H and O–H groups in total. The largest absolute Gasteiger partial charge is 0.496 e. The molecule has 0 atom stereocenters. The van der Waals surface area contributed by atoms with Gasteiger partial charge in [0.05, 0.1) is 12.0 Å². The average molecular weight is 383 g/mol. The fourth-order valence-electron chi connectivity index (χ4n) is 3.09. The molecule has 1 aromatic rings. The van der Waals surface area contributed by atoms with E-state index in [-0.39, 0.29) is 22.8 Å². The summed E-state index contributed by atoms with van der Waals surface area (Å²) in [6.45, 7) is 6.92.